The smallest absolute Gasteiger partial charge is 0.254 e. The number of carbonyl (C=O) groups excluding carboxylic acids is 1. The van der Waals surface area contributed by atoms with E-state index in [1.807, 2.05) is 60.7 Å². The van der Waals surface area contributed by atoms with Gasteiger partial charge in [-0.3, -0.25) is 4.79 Å². The van der Waals surface area contributed by atoms with Crippen molar-refractivity contribution >= 4 is 34.1 Å². The molecule has 25 heavy (non-hydrogen) atoms. The zero-order valence-electron chi connectivity index (χ0n) is 13.6. The number of amides is 1. The maximum absolute atomic E-state index is 12.4. The molecule has 0 aliphatic carbocycles. The normalized spacial score (nSPS) is 19.8. The lowest BCUT2D eigenvalue weighted by molar-refractivity contribution is -0.124. The summed E-state index contributed by atoms with van der Waals surface area (Å²) in [5.41, 5.74) is 1.62. The molecular weight excluding hydrogens is 334 g/mol. The first-order valence-electron chi connectivity index (χ1n) is 7.98. The molecule has 0 aromatic heterocycles. The van der Waals surface area contributed by atoms with Gasteiger partial charge in [0.05, 0.1) is 18.0 Å². The van der Waals surface area contributed by atoms with Crippen LogP contribution < -0.4 is 10.1 Å². The number of methoxy groups -OCH3 is 1. The van der Waals surface area contributed by atoms with Gasteiger partial charge < -0.3 is 15.2 Å². The third-order valence-corrected chi connectivity index (χ3v) is 5.84. The van der Waals surface area contributed by atoms with Crippen LogP contribution in [0.15, 0.2) is 65.6 Å². The predicted octanol–water partition coefficient (Wildman–Crippen LogP) is 3.99. The fraction of sp³-hybridized carbons (Fsp3) is 0.150. The second-order valence-corrected chi connectivity index (χ2v) is 7.06. The first-order valence-corrected chi connectivity index (χ1v) is 8.86. The van der Waals surface area contributed by atoms with Gasteiger partial charge >= 0.3 is 0 Å². The number of ether oxygens (including phenoxy) is 1. The fourth-order valence-electron chi connectivity index (χ4n) is 3.05. The lowest BCUT2D eigenvalue weighted by atomic mass is 10.1. The van der Waals surface area contributed by atoms with Crippen LogP contribution in [0.5, 0.6) is 5.75 Å². The number of thioether (sulfide) groups is 1. The van der Waals surface area contributed by atoms with Crippen LogP contribution in [-0.2, 0) is 4.79 Å². The van der Waals surface area contributed by atoms with Gasteiger partial charge in [0.2, 0.25) is 0 Å². The molecule has 1 aliphatic heterocycles. The quantitative estimate of drug-likeness (QED) is 0.733. The van der Waals surface area contributed by atoms with E-state index in [4.69, 9.17) is 4.74 Å². The van der Waals surface area contributed by atoms with E-state index < -0.39 is 11.4 Å². The molecule has 4 rings (SSSR count). The van der Waals surface area contributed by atoms with Gasteiger partial charge in [-0.05, 0) is 34.5 Å². The summed E-state index contributed by atoms with van der Waals surface area (Å²) < 4.78 is 5.19. The Kier molecular flexibility index (Phi) is 4.11. The van der Waals surface area contributed by atoms with Crippen molar-refractivity contribution in [2.45, 2.75) is 16.2 Å². The number of aliphatic hydroxyl groups is 1. The molecule has 1 aliphatic rings. The highest BCUT2D eigenvalue weighted by molar-refractivity contribution is 8.00. The van der Waals surface area contributed by atoms with Crippen molar-refractivity contribution in [3.8, 4) is 5.75 Å². The van der Waals surface area contributed by atoms with Crippen molar-refractivity contribution in [3.63, 3.8) is 0 Å². The Morgan fingerprint density at radius 3 is 2.56 bits per heavy atom. The molecule has 4 nitrogen and oxygen atoms in total. The second kappa shape index (κ2) is 6.43. The topological polar surface area (TPSA) is 58.6 Å². The summed E-state index contributed by atoms with van der Waals surface area (Å²) in [6.45, 7) is 0. The lowest BCUT2D eigenvalue weighted by Gasteiger charge is -2.19. The van der Waals surface area contributed by atoms with E-state index >= 15 is 0 Å². The monoisotopic (exact) mass is 351 g/mol. The number of rotatable bonds is 2. The molecule has 0 radical (unpaired) electrons. The van der Waals surface area contributed by atoms with Crippen molar-refractivity contribution in [2.75, 3.05) is 12.4 Å². The molecule has 1 amide bonds. The lowest BCUT2D eigenvalue weighted by Crippen LogP contribution is -2.30. The van der Waals surface area contributed by atoms with E-state index in [0.29, 0.717) is 0 Å². The van der Waals surface area contributed by atoms with Crippen LogP contribution in [0.4, 0.5) is 5.69 Å². The van der Waals surface area contributed by atoms with Crippen LogP contribution in [0.3, 0.4) is 0 Å². The van der Waals surface area contributed by atoms with E-state index in [1.54, 1.807) is 7.11 Å². The molecule has 1 heterocycles. The van der Waals surface area contributed by atoms with Crippen molar-refractivity contribution < 1.29 is 14.6 Å². The maximum Gasteiger partial charge on any atom is 0.254 e. The minimum atomic E-state index is -1.13. The van der Waals surface area contributed by atoms with E-state index in [0.717, 1.165) is 32.7 Å². The number of anilines is 1. The largest absolute Gasteiger partial charge is 0.497 e. The number of benzene rings is 3. The zero-order chi connectivity index (χ0) is 17.4. The second-order valence-electron chi connectivity index (χ2n) is 5.91. The molecule has 0 fully saturated rings. The van der Waals surface area contributed by atoms with Gasteiger partial charge in [-0.2, -0.15) is 0 Å². The highest BCUT2D eigenvalue weighted by Gasteiger charge is 2.33. The fourth-order valence-corrected chi connectivity index (χ4v) is 4.41. The molecule has 2 N–H and O–H groups in total. The minimum Gasteiger partial charge on any atom is -0.497 e. The van der Waals surface area contributed by atoms with E-state index in [-0.39, 0.29) is 5.91 Å². The Morgan fingerprint density at radius 2 is 1.80 bits per heavy atom. The Hall–Kier alpha value is -2.50. The molecule has 0 saturated carbocycles. The zero-order valence-corrected chi connectivity index (χ0v) is 14.4. The average Bonchev–Trinajstić information content (AvgIpc) is 2.79. The number of hydrogen-bond acceptors (Lipinski definition) is 4. The molecule has 126 valence electrons. The van der Waals surface area contributed by atoms with Crippen molar-refractivity contribution in [1.29, 1.82) is 0 Å². The summed E-state index contributed by atoms with van der Waals surface area (Å²) in [4.78, 5) is 13.4. The van der Waals surface area contributed by atoms with Gasteiger partial charge in [0.15, 0.2) is 0 Å². The molecule has 0 saturated heterocycles. The number of nitrogens with one attached hydrogen (secondary N) is 1. The third-order valence-electron chi connectivity index (χ3n) is 4.38. The molecule has 0 unspecified atom stereocenters. The maximum atomic E-state index is 12.4. The third kappa shape index (κ3) is 2.86. The highest BCUT2D eigenvalue weighted by Crippen LogP contribution is 2.47. The van der Waals surface area contributed by atoms with Gasteiger partial charge in [0.25, 0.3) is 5.91 Å². The van der Waals surface area contributed by atoms with E-state index in [2.05, 4.69) is 5.32 Å². The molecule has 5 heteroatoms. The molecule has 0 spiro atoms. The summed E-state index contributed by atoms with van der Waals surface area (Å²) in [5.74, 6) is 0.356. The van der Waals surface area contributed by atoms with Crippen molar-refractivity contribution in [3.05, 3.63) is 66.2 Å². The number of hydrogen-bond donors (Lipinski definition) is 2. The minimum absolute atomic E-state index is 0.387. The summed E-state index contributed by atoms with van der Waals surface area (Å²) in [5, 5.41) is 15.2. The van der Waals surface area contributed by atoms with E-state index in [1.165, 1.54) is 11.8 Å². The Balaban J connectivity index is 1.83. The average molecular weight is 351 g/mol. The summed E-state index contributed by atoms with van der Waals surface area (Å²) in [6.07, 6.45) is -1.13. The van der Waals surface area contributed by atoms with Crippen LogP contribution >= 0.6 is 11.8 Å². The molecular formula is C20H17NO3S. The van der Waals surface area contributed by atoms with Crippen LogP contribution in [-0.4, -0.2) is 24.2 Å². The van der Waals surface area contributed by atoms with Gasteiger partial charge in [-0.1, -0.05) is 42.5 Å². The Bertz CT molecular complexity index is 939. The Labute approximate surface area is 149 Å². The van der Waals surface area contributed by atoms with Gasteiger partial charge in [0.1, 0.15) is 11.9 Å². The Morgan fingerprint density at radius 1 is 1.04 bits per heavy atom. The number of fused-ring (bicyclic) bond motifs is 3. The van der Waals surface area contributed by atoms with Crippen molar-refractivity contribution in [2.24, 2.45) is 0 Å². The SMILES string of the molecule is COc1ccc([C@@H]2Sc3c(ccc4ccccc34)NC(=O)[C@@H]2O)cc1. The molecule has 3 aromatic rings. The first-order chi connectivity index (χ1) is 12.2. The number of aliphatic hydroxyl groups excluding tert-OH is 1. The molecule has 0 bridgehead atoms. The molecule has 2 atom stereocenters. The van der Waals surface area contributed by atoms with Gasteiger partial charge in [-0.25, -0.2) is 0 Å². The summed E-state index contributed by atoms with van der Waals surface area (Å²) in [7, 11) is 1.61. The number of carbonyl (C=O) groups is 1. The van der Waals surface area contributed by atoms with Gasteiger partial charge in [0, 0.05) is 4.90 Å². The van der Waals surface area contributed by atoms with Crippen LogP contribution in [0.25, 0.3) is 10.8 Å². The predicted molar refractivity (Wildman–Crippen MR) is 100 cm³/mol. The van der Waals surface area contributed by atoms with Crippen LogP contribution in [0.1, 0.15) is 10.8 Å². The summed E-state index contributed by atoms with van der Waals surface area (Å²) >= 11 is 1.51. The van der Waals surface area contributed by atoms with Crippen LogP contribution in [0.2, 0.25) is 0 Å². The summed E-state index contributed by atoms with van der Waals surface area (Å²) in [6, 6.07) is 19.4. The molecule has 3 aromatic carbocycles. The van der Waals surface area contributed by atoms with Crippen LogP contribution in [0, 0.1) is 0 Å². The van der Waals surface area contributed by atoms with Gasteiger partial charge in [-0.15, -0.1) is 11.8 Å². The van der Waals surface area contributed by atoms with Crippen molar-refractivity contribution in [1.82, 2.24) is 0 Å². The highest BCUT2D eigenvalue weighted by atomic mass is 32.2. The first kappa shape index (κ1) is 16.0. The van der Waals surface area contributed by atoms with E-state index in [9.17, 15) is 9.90 Å². The standard InChI is InChI=1S/C20H17NO3S/c1-24-14-9-6-13(7-10-14)18-17(22)20(23)21-16-11-8-12-4-2-3-5-15(12)19(16)25-18/h2-11,17-18,22H,1H3,(H,21,23)/t17-,18+/m1/s1.